The normalized spacial score (nSPS) is 21.9. The molecule has 1 fully saturated rings. The highest BCUT2D eigenvalue weighted by Gasteiger charge is 2.28. The van der Waals surface area contributed by atoms with Gasteiger partial charge in [0.15, 0.2) is 0 Å². The summed E-state index contributed by atoms with van der Waals surface area (Å²) in [6, 6.07) is -0.0845. The Labute approximate surface area is 122 Å². The highest BCUT2D eigenvalue weighted by molar-refractivity contribution is 7.80. The van der Waals surface area contributed by atoms with Crippen molar-refractivity contribution in [1.82, 2.24) is 10.2 Å². The molecule has 2 atom stereocenters. The summed E-state index contributed by atoms with van der Waals surface area (Å²) < 4.78 is 0. The predicted octanol–water partition coefficient (Wildman–Crippen LogP) is 1.68. The lowest BCUT2D eigenvalue weighted by atomic mass is 9.97. The highest BCUT2D eigenvalue weighted by Crippen LogP contribution is 2.18. The van der Waals surface area contributed by atoms with Gasteiger partial charge < -0.3 is 11.1 Å². The van der Waals surface area contributed by atoms with E-state index in [1.807, 2.05) is 6.92 Å². The number of piperidine rings is 1. The van der Waals surface area contributed by atoms with Crippen LogP contribution >= 0.6 is 12.2 Å². The third kappa shape index (κ3) is 5.45. The lowest BCUT2D eigenvalue weighted by Gasteiger charge is -2.35. The van der Waals surface area contributed by atoms with Gasteiger partial charge in [-0.05, 0) is 32.7 Å². The van der Waals surface area contributed by atoms with Gasteiger partial charge in [-0.2, -0.15) is 0 Å². The summed E-state index contributed by atoms with van der Waals surface area (Å²) in [6.07, 6.45) is 5.52. The first-order valence-electron chi connectivity index (χ1n) is 7.37. The van der Waals surface area contributed by atoms with E-state index in [4.69, 9.17) is 18.0 Å². The minimum atomic E-state index is -0.0845. The zero-order valence-corrected chi connectivity index (χ0v) is 13.0. The predicted molar refractivity (Wildman–Crippen MR) is 83.1 cm³/mol. The van der Waals surface area contributed by atoms with Gasteiger partial charge in [0.1, 0.15) is 0 Å². The largest absolute Gasteiger partial charge is 0.393 e. The van der Waals surface area contributed by atoms with Crippen molar-refractivity contribution in [3.8, 4) is 0 Å². The molecule has 0 bridgehead atoms. The number of hydrogen-bond acceptors (Lipinski definition) is 3. The van der Waals surface area contributed by atoms with Crippen molar-refractivity contribution in [2.24, 2.45) is 11.7 Å². The average molecular weight is 285 g/mol. The van der Waals surface area contributed by atoms with Crippen molar-refractivity contribution in [1.29, 1.82) is 0 Å². The minimum absolute atomic E-state index is 0.0845. The van der Waals surface area contributed by atoms with Crippen LogP contribution in [0.1, 0.15) is 46.0 Å². The highest BCUT2D eigenvalue weighted by atomic mass is 32.1. The fourth-order valence-corrected chi connectivity index (χ4v) is 2.68. The first-order valence-corrected chi connectivity index (χ1v) is 7.78. The molecule has 1 amide bonds. The number of carbonyl (C=O) groups excluding carboxylic acids is 1. The molecule has 1 rings (SSSR count). The van der Waals surface area contributed by atoms with E-state index in [1.54, 1.807) is 0 Å². The molecule has 3 N–H and O–H groups in total. The summed E-state index contributed by atoms with van der Waals surface area (Å²) in [5.74, 6) is 0.388. The Morgan fingerprint density at radius 2 is 2.26 bits per heavy atom. The fraction of sp³-hybridized carbons (Fsp3) is 0.857. The SMILES string of the molecule is CCCCCNC(=O)C(C)N1CCCC(C(N)=S)C1. The van der Waals surface area contributed by atoms with Crippen LogP contribution < -0.4 is 11.1 Å². The summed E-state index contributed by atoms with van der Waals surface area (Å²) in [5, 5.41) is 3.01. The number of nitrogens with zero attached hydrogens (tertiary/aromatic N) is 1. The molecule has 1 aliphatic rings. The van der Waals surface area contributed by atoms with E-state index in [9.17, 15) is 4.79 Å². The summed E-state index contributed by atoms with van der Waals surface area (Å²) in [7, 11) is 0. The number of rotatable bonds is 7. The maximum atomic E-state index is 12.1. The molecule has 0 aromatic rings. The van der Waals surface area contributed by atoms with Gasteiger partial charge in [0.25, 0.3) is 0 Å². The molecule has 4 nitrogen and oxygen atoms in total. The third-order valence-electron chi connectivity index (χ3n) is 3.86. The second-order valence-electron chi connectivity index (χ2n) is 5.41. The van der Waals surface area contributed by atoms with E-state index < -0.39 is 0 Å². The van der Waals surface area contributed by atoms with Gasteiger partial charge in [-0.15, -0.1) is 0 Å². The standard InChI is InChI=1S/C14H27N3OS/c1-3-4-5-8-16-14(18)11(2)17-9-6-7-12(10-17)13(15)19/h11-12H,3-10H2,1-2H3,(H2,15,19)(H,16,18). The Morgan fingerprint density at radius 1 is 1.53 bits per heavy atom. The first-order chi connectivity index (χ1) is 9.06. The zero-order chi connectivity index (χ0) is 14.3. The number of carbonyl (C=O) groups is 1. The molecule has 0 aromatic carbocycles. The second-order valence-corrected chi connectivity index (χ2v) is 5.88. The number of hydrogen-bond donors (Lipinski definition) is 2. The molecular weight excluding hydrogens is 258 g/mol. The van der Waals surface area contributed by atoms with E-state index in [2.05, 4.69) is 17.1 Å². The lowest BCUT2D eigenvalue weighted by molar-refractivity contribution is -0.126. The third-order valence-corrected chi connectivity index (χ3v) is 4.20. The molecule has 1 saturated heterocycles. The Morgan fingerprint density at radius 3 is 2.89 bits per heavy atom. The van der Waals surface area contributed by atoms with E-state index >= 15 is 0 Å². The van der Waals surface area contributed by atoms with E-state index in [1.165, 1.54) is 12.8 Å². The van der Waals surface area contributed by atoms with Crippen LogP contribution in [0.4, 0.5) is 0 Å². The lowest BCUT2D eigenvalue weighted by Crippen LogP contribution is -2.50. The summed E-state index contributed by atoms with van der Waals surface area (Å²) in [5.41, 5.74) is 5.72. The molecular formula is C14H27N3OS. The van der Waals surface area contributed by atoms with Crippen molar-refractivity contribution < 1.29 is 4.79 Å². The monoisotopic (exact) mass is 285 g/mol. The molecule has 0 saturated carbocycles. The van der Waals surface area contributed by atoms with Crippen LogP contribution in [0, 0.1) is 5.92 Å². The van der Waals surface area contributed by atoms with Crippen LogP contribution in [0.15, 0.2) is 0 Å². The van der Waals surface area contributed by atoms with Crippen molar-refractivity contribution >= 4 is 23.1 Å². The molecule has 0 radical (unpaired) electrons. The molecule has 1 aliphatic heterocycles. The molecule has 2 unspecified atom stereocenters. The molecule has 1 heterocycles. The fourth-order valence-electron chi connectivity index (χ4n) is 2.49. The maximum Gasteiger partial charge on any atom is 0.237 e. The van der Waals surface area contributed by atoms with Crippen molar-refractivity contribution in [2.75, 3.05) is 19.6 Å². The Kier molecular flexibility index (Phi) is 7.31. The smallest absolute Gasteiger partial charge is 0.237 e. The molecule has 19 heavy (non-hydrogen) atoms. The molecule has 0 spiro atoms. The molecule has 110 valence electrons. The van der Waals surface area contributed by atoms with Crippen LogP contribution in [0.5, 0.6) is 0 Å². The topological polar surface area (TPSA) is 58.4 Å². The number of likely N-dealkylation sites (tertiary alicyclic amines) is 1. The van der Waals surface area contributed by atoms with Crippen LogP contribution in [-0.4, -0.2) is 41.5 Å². The summed E-state index contributed by atoms with van der Waals surface area (Å²) in [6.45, 7) is 6.69. The van der Waals surface area contributed by atoms with Crippen molar-refractivity contribution in [3.05, 3.63) is 0 Å². The molecule has 0 aromatic heterocycles. The van der Waals surface area contributed by atoms with Crippen LogP contribution in [-0.2, 0) is 4.79 Å². The zero-order valence-electron chi connectivity index (χ0n) is 12.2. The van der Waals surface area contributed by atoms with E-state index in [0.29, 0.717) is 4.99 Å². The maximum absolute atomic E-state index is 12.1. The van der Waals surface area contributed by atoms with Crippen molar-refractivity contribution in [3.63, 3.8) is 0 Å². The van der Waals surface area contributed by atoms with E-state index in [-0.39, 0.29) is 17.9 Å². The number of unbranched alkanes of at least 4 members (excludes halogenated alkanes) is 2. The van der Waals surface area contributed by atoms with Crippen LogP contribution in [0.25, 0.3) is 0 Å². The molecule has 5 heteroatoms. The van der Waals surface area contributed by atoms with Gasteiger partial charge in [0.05, 0.1) is 11.0 Å². The number of nitrogens with two attached hydrogens (primary N) is 1. The summed E-state index contributed by atoms with van der Waals surface area (Å²) >= 11 is 5.07. The number of thiocarbonyl (C=S) groups is 1. The van der Waals surface area contributed by atoms with Gasteiger partial charge in [-0.1, -0.05) is 32.0 Å². The van der Waals surface area contributed by atoms with Crippen LogP contribution in [0.2, 0.25) is 0 Å². The van der Waals surface area contributed by atoms with E-state index in [0.717, 1.165) is 38.9 Å². The minimum Gasteiger partial charge on any atom is -0.393 e. The number of nitrogens with one attached hydrogen (secondary N) is 1. The Hall–Kier alpha value is -0.680. The average Bonchev–Trinajstić information content (AvgIpc) is 2.42. The van der Waals surface area contributed by atoms with Gasteiger partial charge in [0, 0.05) is 19.0 Å². The van der Waals surface area contributed by atoms with Gasteiger partial charge in [-0.25, -0.2) is 0 Å². The summed E-state index contributed by atoms with van der Waals surface area (Å²) in [4.78, 5) is 14.8. The Balaban J connectivity index is 2.36. The quantitative estimate of drug-likeness (QED) is 0.552. The van der Waals surface area contributed by atoms with Gasteiger partial charge in [-0.3, -0.25) is 9.69 Å². The van der Waals surface area contributed by atoms with Gasteiger partial charge in [0.2, 0.25) is 5.91 Å². The second kappa shape index (κ2) is 8.48. The first kappa shape index (κ1) is 16.4. The van der Waals surface area contributed by atoms with Crippen molar-refractivity contribution in [2.45, 2.75) is 52.0 Å². The van der Waals surface area contributed by atoms with Gasteiger partial charge >= 0.3 is 0 Å². The number of amides is 1. The Bertz CT molecular complexity index is 309. The molecule has 0 aliphatic carbocycles. The van der Waals surface area contributed by atoms with Crippen LogP contribution in [0.3, 0.4) is 0 Å².